The number of para-hydroxylation sites is 2. The van der Waals surface area contributed by atoms with Gasteiger partial charge in [-0.1, -0.05) is 133 Å². The zero-order valence-electron chi connectivity index (χ0n) is 27.0. The van der Waals surface area contributed by atoms with Crippen molar-refractivity contribution in [2.24, 2.45) is 0 Å². The minimum Gasteiger partial charge on any atom is -0.306 e. The lowest BCUT2D eigenvalue weighted by Gasteiger charge is -2.33. The molecule has 0 radical (unpaired) electrons. The fraction of sp³-hybridized carbons (Fsp3) is 0. The molecule has 5 nitrogen and oxygen atoms in total. The lowest BCUT2D eigenvalue weighted by Crippen LogP contribution is -2.18. The number of hydrogen-bond acceptors (Lipinski definition) is 4. The van der Waals surface area contributed by atoms with Crippen molar-refractivity contribution in [1.82, 2.24) is 19.5 Å². The van der Waals surface area contributed by atoms with Crippen LogP contribution in [0.4, 0.5) is 17.1 Å². The Labute approximate surface area is 289 Å². The quantitative estimate of drug-likeness (QED) is 0.188. The molecule has 0 atom stereocenters. The van der Waals surface area contributed by atoms with Gasteiger partial charge in [0, 0.05) is 33.2 Å². The van der Waals surface area contributed by atoms with E-state index in [9.17, 15) is 0 Å². The van der Waals surface area contributed by atoms with Crippen molar-refractivity contribution in [2.75, 3.05) is 4.90 Å². The number of fused-ring (bicyclic) bond motifs is 5. The van der Waals surface area contributed by atoms with E-state index in [4.69, 9.17) is 15.0 Å². The highest BCUT2D eigenvalue weighted by Crippen LogP contribution is 2.50. The third kappa shape index (κ3) is 4.52. The van der Waals surface area contributed by atoms with Gasteiger partial charge in [-0.15, -0.1) is 0 Å². The molecule has 0 amide bonds. The zero-order valence-corrected chi connectivity index (χ0v) is 27.0. The Morgan fingerprint density at radius 3 is 1.52 bits per heavy atom. The molecule has 0 fully saturated rings. The molecule has 5 heteroatoms. The monoisotopic (exact) mass is 639 g/mol. The van der Waals surface area contributed by atoms with Crippen molar-refractivity contribution >= 4 is 38.9 Å². The standard InChI is InChI=1S/C45H29N5/c1-4-13-30(14-5-1)31-23-26-35(27-24-31)49-40-22-12-20-37-36-19-10-11-21-38(36)50(42(37)40)39-28-25-34(29-41(39)49)45-47-43(32-15-6-2-7-16-32)46-44(48-45)33-17-8-3-9-18-33/h1-29H. The summed E-state index contributed by atoms with van der Waals surface area (Å²) in [5.41, 5.74) is 11.9. The maximum absolute atomic E-state index is 5.07. The van der Waals surface area contributed by atoms with Gasteiger partial charge < -0.3 is 9.47 Å². The summed E-state index contributed by atoms with van der Waals surface area (Å²) in [6.45, 7) is 0. The minimum absolute atomic E-state index is 0.626. The Bertz CT molecular complexity index is 2630. The average Bonchev–Trinajstić information content (AvgIpc) is 3.54. The van der Waals surface area contributed by atoms with Crippen LogP contribution in [-0.4, -0.2) is 19.5 Å². The Morgan fingerprint density at radius 2 is 0.860 bits per heavy atom. The Balaban J connectivity index is 1.21. The molecule has 50 heavy (non-hydrogen) atoms. The third-order valence-corrected chi connectivity index (χ3v) is 9.56. The molecule has 9 aromatic rings. The van der Waals surface area contributed by atoms with Gasteiger partial charge in [0.2, 0.25) is 0 Å². The van der Waals surface area contributed by atoms with E-state index in [2.05, 4.69) is 125 Å². The van der Waals surface area contributed by atoms with Gasteiger partial charge in [0.1, 0.15) is 0 Å². The molecule has 1 aliphatic rings. The van der Waals surface area contributed by atoms with Crippen LogP contribution in [-0.2, 0) is 0 Å². The first-order valence-corrected chi connectivity index (χ1v) is 16.8. The summed E-state index contributed by atoms with van der Waals surface area (Å²) in [7, 11) is 0. The van der Waals surface area contributed by atoms with Gasteiger partial charge in [-0.3, -0.25) is 0 Å². The predicted octanol–water partition coefficient (Wildman–Crippen LogP) is 11.4. The summed E-state index contributed by atoms with van der Waals surface area (Å²) >= 11 is 0. The van der Waals surface area contributed by atoms with Crippen LogP contribution in [0.25, 0.3) is 72.8 Å². The molecule has 0 saturated carbocycles. The average molecular weight is 640 g/mol. The van der Waals surface area contributed by atoms with E-state index in [1.807, 2.05) is 60.7 Å². The number of hydrogen-bond donors (Lipinski definition) is 0. The van der Waals surface area contributed by atoms with Crippen LogP contribution in [0.5, 0.6) is 0 Å². The van der Waals surface area contributed by atoms with Crippen LogP contribution in [0.2, 0.25) is 0 Å². The Hall–Kier alpha value is -6.85. The second kappa shape index (κ2) is 11.4. The number of aromatic nitrogens is 4. The van der Waals surface area contributed by atoms with Gasteiger partial charge in [-0.25, -0.2) is 15.0 Å². The molecule has 0 bridgehead atoms. The molecule has 10 rings (SSSR count). The van der Waals surface area contributed by atoms with Crippen LogP contribution in [0.3, 0.4) is 0 Å². The SMILES string of the molecule is c1ccc(-c2ccc(N3c4cc(-c5nc(-c6ccccc6)nc(-c6ccccc6)n5)ccc4-n4c5ccccc5c5cccc3c54)cc2)cc1. The lowest BCUT2D eigenvalue weighted by atomic mass is 10.0. The molecular weight excluding hydrogens is 611 g/mol. The zero-order chi connectivity index (χ0) is 33.0. The van der Waals surface area contributed by atoms with E-state index in [1.54, 1.807) is 0 Å². The number of benzene rings is 7. The van der Waals surface area contributed by atoms with Crippen molar-refractivity contribution in [3.05, 3.63) is 176 Å². The summed E-state index contributed by atoms with van der Waals surface area (Å²) in [6.07, 6.45) is 0. The fourth-order valence-electron chi connectivity index (χ4n) is 7.24. The predicted molar refractivity (Wildman–Crippen MR) is 204 cm³/mol. The van der Waals surface area contributed by atoms with Crippen molar-refractivity contribution in [2.45, 2.75) is 0 Å². The van der Waals surface area contributed by atoms with Gasteiger partial charge >= 0.3 is 0 Å². The summed E-state index contributed by atoms with van der Waals surface area (Å²) in [6, 6.07) is 61.5. The van der Waals surface area contributed by atoms with E-state index in [0.717, 1.165) is 39.4 Å². The smallest absolute Gasteiger partial charge is 0.164 e. The minimum atomic E-state index is 0.626. The number of nitrogens with zero attached hydrogens (tertiary/aromatic N) is 5. The maximum Gasteiger partial charge on any atom is 0.164 e. The molecule has 0 saturated heterocycles. The van der Waals surface area contributed by atoms with Gasteiger partial charge in [0.05, 0.1) is 28.1 Å². The first kappa shape index (κ1) is 28.2. The van der Waals surface area contributed by atoms with Crippen molar-refractivity contribution < 1.29 is 0 Å². The summed E-state index contributed by atoms with van der Waals surface area (Å²) in [5.74, 6) is 1.91. The second-order valence-electron chi connectivity index (χ2n) is 12.5. The van der Waals surface area contributed by atoms with Crippen LogP contribution < -0.4 is 4.90 Å². The van der Waals surface area contributed by atoms with Crippen molar-refractivity contribution in [3.8, 4) is 51.0 Å². The van der Waals surface area contributed by atoms with Gasteiger partial charge in [-0.2, -0.15) is 0 Å². The Morgan fingerprint density at radius 1 is 0.340 bits per heavy atom. The summed E-state index contributed by atoms with van der Waals surface area (Å²) in [4.78, 5) is 17.4. The molecule has 0 aliphatic carbocycles. The highest BCUT2D eigenvalue weighted by atomic mass is 15.2. The van der Waals surface area contributed by atoms with Gasteiger partial charge in [0.25, 0.3) is 0 Å². The first-order chi connectivity index (χ1) is 24.8. The highest BCUT2D eigenvalue weighted by molar-refractivity contribution is 6.16. The third-order valence-electron chi connectivity index (χ3n) is 9.56. The summed E-state index contributed by atoms with van der Waals surface area (Å²) < 4.78 is 2.41. The molecule has 0 unspecified atom stereocenters. The molecule has 1 aliphatic heterocycles. The van der Waals surface area contributed by atoms with Gasteiger partial charge in [-0.05, 0) is 53.6 Å². The molecule has 0 spiro atoms. The molecule has 3 heterocycles. The fourth-order valence-corrected chi connectivity index (χ4v) is 7.24. The van der Waals surface area contributed by atoms with Crippen molar-refractivity contribution in [3.63, 3.8) is 0 Å². The van der Waals surface area contributed by atoms with Crippen LogP contribution in [0.1, 0.15) is 0 Å². The second-order valence-corrected chi connectivity index (χ2v) is 12.5. The molecular formula is C45H29N5. The van der Waals surface area contributed by atoms with E-state index in [1.165, 1.54) is 32.9 Å². The van der Waals surface area contributed by atoms with Crippen LogP contribution in [0, 0.1) is 0 Å². The number of anilines is 3. The normalized spacial score (nSPS) is 12.0. The maximum atomic E-state index is 5.07. The largest absolute Gasteiger partial charge is 0.306 e. The molecule has 234 valence electrons. The van der Waals surface area contributed by atoms with E-state index >= 15 is 0 Å². The lowest BCUT2D eigenvalue weighted by molar-refractivity contribution is 1.07. The van der Waals surface area contributed by atoms with E-state index < -0.39 is 0 Å². The Kier molecular flexibility index (Phi) is 6.42. The molecule has 7 aromatic carbocycles. The molecule has 2 aromatic heterocycles. The van der Waals surface area contributed by atoms with Gasteiger partial charge in [0.15, 0.2) is 17.5 Å². The van der Waals surface area contributed by atoms with Crippen LogP contribution in [0.15, 0.2) is 176 Å². The van der Waals surface area contributed by atoms with Crippen molar-refractivity contribution in [1.29, 1.82) is 0 Å². The van der Waals surface area contributed by atoms with E-state index in [0.29, 0.717) is 17.5 Å². The summed E-state index contributed by atoms with van der Waals surface area (Å²) in [5, 5.41) is 2.47. The molecule has 0 N–H and O–H groups in total. The van der Waals surface area contributed by atoms with E-state index in [-0.39, 0.29) is 0 Å². The highest BCUT2D eigenvalue weighted by Gasteiger charge is 2.29. The first-order valence-electron chi connectivity index (χ1n) is 16.8. The van der Waals surface area contributed by atoms with Crippen LogP contribution >= 0.6 is 0 Å². The topological polar surface area (TPSA) is 46.8 Å². The number of rotatable bonds is 5.